The van der Waals surface area contributed by atoms with Crippen molar-refractivity contribution in [2.24, 2.45) is 62.9 Å². The number of nitrogens with zero attached hydrogens (tertiary/aromatic N) is 5. The zero-order chi connectivity index (χ0) is 101. The fourth-order valence-corrected chi connectivity index (χ4v) is 19.7. The molecule has 750 valence electrons. The van der Waals surface area contributed by atoms with Crippen molar-refractivity contribution in [3.05, 3.63) is 18.2 Å². The summed E-state index contributed by atoms with van der Waals surface area (Å²) in [7, 11) is 2.75. The van der Waals surface area contributed by atoms with Crippen molar-refractivity contribution in [1.29, 1.82) is 0 Å². The SMILES string of the molecule is CC[C@H](C)[C@@H]1NC(=O)[C@H](CCC(N)=O)NC(=O)[C@@H]2CCCN2C(=O)[C@H](CC(N)=O)NC(=O)[C@H](Cc2cnc[nH]2)NC(=O)[C@H](C(C)C)NC(=O)[C@H]([C@@H](C)O)NC(=O)[C@@H]2CSSC[C@H](NC(=O)[C@@H]3CCCN3C(=O)[C@H](CC(=O)O)NC(=O)[C@@H](N)CCCN=C(N)N)C(=O)N[C@@H](CSSC[C@@H](C(N)=O)NC1=O)C(=O)N[C@@H](CO)C(=O)N[C@@H](CC(N)=O)C(=O)N1CCC[C@H]1C(=O)N[C@@H](C(C)C)C(=O)N2. The lowest BCUT2D eigenvalue weighted by Crippen LogP contribution is -2.63. The molecule has 0 radical (unpaired) electrons. The minimum Gasteiger partial charge on any atom is -0.481 e. The van der Waals surface area contributed by atoms with Gasteiger partial charge in [-0.1, -0.05) is 91.1 Å². The fraction of sp³-hybridized carbons (Fsp3) is 0.671. The van der Waals surface area contributed by atoms with Crippen LogP contribution in [0.3, 0.4) is 0 Å². The van der Waals surface area contributed by atoms with Gasteiger partial charge in [-0.3, -0.25) is 110 Å². The van der Waals surface area contributed by atoms with E-state index in [1.165, 1.54) is 47.1 Å². The van der Waals surface area contributed by atoms with Gasteiger partial charge in [0, 0.05) is 73.9 Å². The maximum atomic E-state index is 15.5. The molecule has 20 atom stereocenters. The number of aliphatic hydroxyl groups excluding tert-OH is 2. The van der Waals surface area contributed by atoms with Crippen molar-refractivity contribution in [2.45, 2.75) is 260 Å². The van der Waals surface area contributed by atoms with E-state index in [-0.39, 0.29) is 95.6 Å². The van der Waals surface area contributed by atoms with Crippen LogP contribution in [0.5, 0.6) is 0 Å². The van der Waals surface area contributed by atoms with Crippen LogP contribution in [0.4, 0.5) is 0 Å². The quantitative estimate of drug-likeness (QED) is 0.0168. The number of rotatable bonds is 27. The number of aliphatic carboxylic acids is 1. The molecular formula is C79H125N27O25S4. The number of carbonyl (C=O) groups is 22. The summed E-state index contributed by atoms with van der Waals surface area (Å²) in [6.07, 6.45) is -3.70. The highest BCUT2D eigenvalue weighted by molar-refractivity contribution is 8.77. The van der Waals surface area contributed by atoms with E-state index in [4.69, 9.17) is 40.1 Å². The Bertz CT molecular complexity index is 4500. The molecule has 52 nitrogen and oxygen atoms in total. The van der Waals surface area contributed by atoms with Gasteiger partial charge in [-0.25, -0.2) is 4.98 Å². The Morgan fingerprint density at radius 3 is 1.53 bits per heavy atom. The zero-order valence-electron chi connectivity index (χ0n) is 75.6. The van der Waals surface area contributed by atoms with E-state index in [2.05, 4.69) is 89.4 Å². The predicted octanol–water partition coefficient (Wildman–Crippen LogP) is -11.4. The van der Waals surface area contributed by atoms with Gasteiger partial charge in [-0.2, -0.15) is 0 Å². The molecule has 6 rings (SSSR count). The second-order valence-corrected chi connectivity index (χ2v) is 38.8. The number of fused-ring (bicyclic) bond motifs is 10. The number of nitrogens with two attached hydrogens (primary N) is 7. The number of aromatic nitrogens is 2. The van der Waals surface area contributed by atoms with Crippen LogP contribution in [0.25, 0.3) is 0 Å². The van der Waals surface area contributed by atoms with Crippen molar-refractivity contribution in [1.82, 2.24) is 99.1 Å². The van der Waals surface area contributed by atoms with Crippen LogP contribution in [-0.2, 0) is 112 Å². The van der Waals surface area contributed by atoms with E-state index < -0.39 is 331 Å². The van der Waals surface area contributed by atoms with Gasteiger partial charge in [0.25, 0.3) is 0 Å². The molecule has 0 spiro atoms. The average Bonchev–Trinajstić information content (AvgIpc) is 1.73. The van der Waals surface area contributed by atoms with Crippen LogP contribution in [0.2, 0.25) is 0 Å². The van der Waals surface area contributed by atoms with Gasteiger partial charge in [0.05, 0.1) is 44.3 Å². The Balaban J connectivity index is 1.55. The summed E-state index contributed by atoms with van der Waals surface area (Å²) in [6, 6.07) is -31.7. The van der Waals surface area contributed by atoms with Gasteiger partial charge < -0.3 is 150 Å². The van der Waals surface area contributed by atoms with E-state index >= 15 is 24.0 Å². The molecule has 5 aliphatic rings. The summed E-state index contributed by atoms with van der Waals surface area (Å²) in [4.78, 5) is 329. The summed E-state index contributed by atoms with van der Waals surface area (Å²) in [5.74, 6) is -30.9. The molecule has 2 bridgehead atoms. The number of likely N-dealkylation sites (tertiary alicyclic amines) is 1. The van der Waals surface area contributed by atoms with Crippen LogP contribution in [-0.4, -0.2) is 347 Å². The fourth-order valence-electron chi connectivity index (χ4n) is 15.0. The number of carboxylic acid groups (broad SMARTS) is 1. The number of imidazole rings is 1. The number of guanidine groups is 1. The molecule has 1 aromatic heterocycles. The normalized spacial score (nSPS) is 27.2. The van der Waals surface area contributed by atoms with E-state index in [9.17, 15) is 96.8 Å². The van der Waals surface area contributed by atoms with E-state index in [0.717, 1.165) is 21.6 Å². The van der Waals surface area contributed by atoms with E-state index in [1.807, 2.05) is 0 Å². The summed E-state index contributed by atoms with van der Waals surface area (Å²) in [6.45, 7) is 8.16. The zero-order valence-corrected chi connectivity index (χ0v) is 78.8. The molecule has 1 aromatic rings. The van der Waals surface area contributed by atoms with Crippen LogP contribution < -0.4 is 115 Å². The molecule has 5 aliphatic heterocycles. The second-order valence-electron chi connectivity index (χ2n) is 33.7. The average molecular weight is 1980 g/mol. The molecule has 0 unspecified atom stereocenters. The molecule has 32 N–H and O–H groups in total. The summed E-state index contributed by atoms with van der Waals surface area (Å²) < 4.78 is 0. The lowest BCUT2D eigenvalue weighted by atomic mass is 9.97. The van der Waals surface area contributed by atoms with Gasteiger partial charge in [-0.05, 0) is 82.5 Å². The molecule has 21 amide bonds. The summed E-state index contributed by atoms with van der Waals surface area (Å²) in [5, 5.41) is 67.0. The number of hydrogen-bond donors (Lipinski definition) is 25. The highest BCUT2D eigenvalue weighted by Crippen LogP contribution is 2.29. The van der Waals surface area contributed by atoms with Gasteiger partial charge in [0.1, 0.15) is 103 Å². The van der Waals surface area contributed by atoms with E-state index in [0.29, 0.717) is 43.2 Å². The molecule has 56 heteroatoms. The molecule has 0 aromatic carbocycles. The molecule has 6 heterocycles. The first-order chi connectivity index (χ1) is 63.7. The smallest absolute Gasteiger partial charge is 0.305 e. The molecule has 5 fully saturated rings. The lowest BCUT2D eigenvalue weighted by Gasteiger charge is -2.32. The topological polar surface area (TPSA) is 838 Å². The van der Waals surface area contributed by atoms with E-state index in [1.54, 1.807) is 6.92 Å². The number of primary amides is 4. The summed E-state index contributed by atoms with van der Waals surface area (Å²) >= 11 is 0. The number of aromatic amines is 1. The minimum atomic E-state index is -2.10. The van der Waals surface area contributed by atoms with Gasteiger partial charge >= 0.3 is 5.97 Å². The Kier molecular flexibility index (Phi) is 44.7. The minimum absolute atomic E-state index is 0.0403. The second kappa shape index (κ2) is 54.0. The van der Waals surface area contributed by atoms with Crippen LogP contribution in [0.1, 0.15) is 144 Å². The van der Waals surface area contributed by atoms with Crippen LogP contribution in [0.15, 0.2) is 17.5 Å². The lowest BCUT2D eigenvalue weighted by molar-refractivity contribution is -0.146. The van der Waals surface area contributed by atoms with Gasteiger partial charge in [-0.15, -0.1) is 0 Å². The number of amides is 21. The highest BCUT2D eigenvalue weighted by Gasteiger charge is 2.47. The Labute approximate surface area is 791 Å². The maximum Gasteiger partial charge on any atom is 0.305 e. The monoisotopic (exact) mass is 1980 g/mol. The number of aliphatic imine (C=N–C) groups is 1. The van der Waals surface area contributed by atoms with Crippen molar-refractivity contribution < 1.29 is 121 Å². The Hall–Kier alpha value is -11.9. The maximum absolute atomic E-state index is 15.5. The predicted molar refractivity (Wildman–Crippen MR) is 487 cm³/mol. The Morgan fingerprint density at radius 1 is 0.541 bits per heavy atom. The van der Waals surface area contributed by atoms with Crippen molar-refractivity contribution in [3.8, 4) is 0 Å². The number of hydrogen-bond acceptors (Lipinski definition) is 31. The number of aliphatic hydroxyl groups is 2. The molecule has 5 saturated heterocycles. The third kappa shape index (κ3) is 34.1. The number of carbonyl (C=O) groups excluding carboxylic acids is 21. The van der Waals surface area contributed by atoms with Crippen molar-refractivity contribution >= 4 is 179 Å². The van der Waals surface area contributed by atoms with Crippen LogP contribution >= 0.6 is 43.2 Å². The largest absolute Gasteiger partial charge is 0.481 e. The first-order valence-corrected chi connectivity index (χ1v) is 48.7. The van der Waals surface area contributed by atoms with Crippen LogP contribution in [0, 0.1) is 17.8 Å². The molecule has 0 aliphatic carbocycles. The number of nitrogens with one attached hydrogen (secondary N) is 15. The molecular weight excluding hydrogens is 1860 g/mol. The standard InChI is InChI=1S/C79H125N27O25S4/c1-8-36(6)59-74(127)96-46(61(84)114)29-132-133-30-47-66(119)95-45(28-107)65(118)94-43(25-55(83)111)77(130)106-22-12-16-52(106)71(124)100-57(34(2)3)73(126)99-49(32-135-134-31-48(67(120)97-47)98-70(123)51-15-11-21-105(51)78(131)44(26-56(112)113)92-62(115)39(80)13-9-19-88-79(85)86)68(121)103-60(37(7)108)75(128)101-58(35(4)5)72(125)91-41(23-38-27-87-33-89-38)64(117)93-42(24-54(82)110)76(129)104-20-10-14-50(104)69(122)90-40(63(116)102-59)17-18-53(81)109/h27,33-37,39-52,57-60,107-108H,8-26,28-32,80H2,1-7H3,(H2,81,109)(H2,82,110)(H2,83,111)(H2,84,114)(H,87,89)(H,90,122)(H,91,125)(H,92,115)(H,93,117)(H,94,118)(H,95,119)(H,96,127)(H,97,120)(H,98,123)(H,99,126)(H,100,124)(H,101,128)(H,102,116)(H,103,121)(H,112,113)(H4,85,86,88)/t36-,37+,39-,40-,41-,42-,43-,44-,45-,46-,47-,48-,49-,50-,51-,52-,57-,58-,59-,60-/m0/s1. The van der Waals surface area contributed by atoms with Gasteiger partial charge in [0.2, 0.25) is 124 Å². The van der Waals surface area contributed by atoms with Crippen molar-refractivity contribution in [3.63, 3.8) is 0 Å². The third-order valence-electron chi connectivity index (χ3n) is 22.6. The molecule has 0 saturated carbocycles. The highest BCUT2D eigenvalue weighted by atomic mass is 33.1. The first-order valence-electron chi connectivity index (χ1n) is 43.8. The third-order valence-corrected chi connectivity index (χ3v) is 27.5. The Morgan fingerprint density at radius 2 is 1.01 bits per heavy atom. The number of carboxylic acids is 1. The molecule has 135 heavy (non-hydrogen) atoms. The number of H-pyrrole nitrogens is 1. The van der Waals surface area contributed by atoms with Crippen molar-refractivity contribution in [2.75, 3.05) is 55.8 Å². The van der Waals surface area contributed by atoms with Gasteiger partial charge in [0.15, 0.2) is 5.96 Å². The first kappa shape index (κ1) is 112. The summed E-state index contributed by atoms with van der Waals surface area (Å²) in [5.41, 5.74) is 39.9.